The Morgan fingerprint density at radius 2 is 1.94 bits per heavy atom. The summed E-state index contributed by atoms with van der Waals surface area (Å²) in [6.45, 7) is 7.02. The predicted octanol–water partition coefficient (Wildman–Crippen LogP) is 0.971. The standard InChI is InChI=1S/C13H28N2O2/c1-15(8-3-9-17-11-10-16-2)12-13-4-6-14-7-5-13/h13-14H,3-12H2,1-2H3. The summed E-state index contributed by atoms with van der Waals surface area (Å²) in [7, 11) is 3.92. The van der Waals surface area contributed by atoms with E-state index in [9.17, 15) is 0 Å². The van der Waals surface area contributed by atoms with E-state index in [0.29, 0.717) is 13.2 Å². The zero-order valence-corrected chi connectivity index (χ0v) is 11.4. The van der Waals surface area contributed by atoms with Gasteiger partial charge in [0.1, 0.15) is 0 Å². The third kappa shape index (κ3) is 7.71. The number of methoxy groups -OCH3 is 1. The first-order chi connectivity index (χ1) is 8.33. The van der Waals surface area contributed by atoms with Crippen LogP contribution in [0.2, 0.25) is 0 Å². The summed E-state index contributed by atoms with van der Waals surface area (Å²) >= 11 is 0. The Morgan fingerprint density at radius 1 is 1.18 bits per heavy atom. The van der Waals surface area contributed by atoms with E-state index in [-0.39, 0.29) is 0 Å². The fraction of sp³-hybridized carbons (Fsp3) is 1.00. The Kier molecular flexibility index (Phi) is 8.61. The Balaban J connectivity index is 1.91. The highest BCUT2D eigenvalue weighted by molar-refractivity contribution is 4.71. The van der Waals surface area contributed by atoms with Gasteiger partial charge in [0, 0.05) is 26.8 Å². The normalized spacial score (nSPS) is 17.8. The van der Waals surface area contributed by atoms with Crippen LogP contribution in [-0.2, 0) is 9.47 Å². The molecular weight excluding hydrogens is 216 g/mol. The molecule has 1 fully saturated rings. The topological polar surface area (TPSA) is 33.7 Å². The van der Waals surface area contributed by atoms with Crippen LogP contribution in [0.5, 0.6) is 0 Å². The van der Waals surface area contributed by atoms with Gasteiger partial charge in [0.25, 0.3) is 0 Å². The van der Waals surface area contributed by atoms with Crippen LogP contribution in [0.25, 0.3) is 0 Å². The first-order valence-electron chi connectivity index (χ1n) is 6.79. The van der Waals surface area contributed by atoms with Gasteiger partial charge < -0.3 is 19.7 Å². The lowest BCUT2D eigenvalue weighted by atomic mass is 9.98. The summed E-state index contributed by atoms with van der Waals surface area (Å²) in [5.74, 6) is 0.885. The van der Waals surface area contributed by atoms with Gasteiger partial charge in [-0.05, 0) is 45.3 Å². The summed E-state index contributed by atoms with van der Waals surface area (Å²) in [6, 6.07) is 0. The van der Waals surface area contributed by atoms with E-state index in [0.717, 1.165) is 25.5 Å². The predicted molar refractivity (Wildman–Crippen MR) is 70.4 cm³/mol. The van der Waals surface area contributed by atoms with Gasteiger partial charge in [-0.3, -0.25) is 0 Å². The van der Waals surface area contributed by atoms with Crippen LogP contribution in [0, 0.1) is 5.92 Å². The molecule has 0 saturated carbocycles. The van der Waals surface area contributed by atoms with Crippen LogP contribution < -0.4 is 5.32 Å². The summed E-state index contributed by atoms with van der Waals surface area (Å²) in [5.41, 5.74) is 0. The molecule has 0 unspecified atom stereocenters. The van der Waals surface area contributed by atoms with Gasteiger partial charge in [-0.15, -0.1) is 0 Å². The summed E-state index contributed by atoms with van der Waals surface area (Å²) in [6.07, 6.45) is 3.77. The fourth-order valence-electron chi connectivity index (χ4n) is 2.28. The fourth-order valence-corrected chi connectivity index (χ4v) is 2.28. The quantitative estimate of drug-likeness (QED) is 0.613. The summed E-state index contributed by atoms with van der Waals surface area (Å²) < 4.78 is 10.4. The Labute approximate surface area is 106 Å². The van der Waals surface area contributed by atoms with E-state index in [2.05, 4.69) is 17.3 Å². The molecule has 1 N–H and O–H groups in total. The summed E-state index contributed by atoms with van der Waals surface area (Å²) in [5, 5.41) is 3.41. The molecule has 0 amide bonds. The van der Waals surface area contributed by atoms with E-state index in [1.807, 2.05) is 0 Å². The van der Waals surface area contributed by atoms with Gasteiger partial charge in [-0.2, -0.15) is 0 Å². The molecule has 0 aromatic carbocycles. The largest absolute Gasteiger partial charge is 0.382 e. The van der Waals surface area contributed by atoms with Crippen LogP contribution in [-0.4, -0.2) is 65.1 Å². The van der Waals surface area contributed by atoms with Crippen molar-refractivity contribution in [3.05, 3.63) is 0 Å². The molecule has 1 saturated heterocycles. The zero-order valence-electron chi connectivity index (χ0n) is 11.4. The molecule has 1 aliphatic heterocycles. The van der Waals surface area contributed by atoms with Gasteiger partial charge in [0.2, 0.25) is 0 Å². The highest BCUT2D eigenvalue weighted by atomic mass is 16.5. The molecule has 1 rings (SSSR count). The maximum atomic E-state index is 5.45. The van der Waals surface area contributed by atoms with E-state index in [1.54, 1.807) is 7.11 Å². The van der Waals surface area contributed by atoms with Gasteiger partial charge in [-0.1, -0.05) is 0 Å². The lowest BCUT2D eigenvalue weighted by molar-refractivity contribution is 0.0654. The van der Waals surface area contributed by atoms with Crippen molar-refractivity contribution in [1.29, 1.82) is 0 Å². The second-order valence-corrected chi connectivity index (χ2v) is 4.91. The van der Waals surface area contributed by atoms with Crippen molar-refractivity contribution in [2.24, 2.45) is 5.92 Å². The molecule has 102 valence electrons. The Morgan fingerprint density at radius 3 is 2.65 bits per heavy atom. The smallest absolute Gasteiger partial charge is 0.0700 e. The number of hydrogen-bond acceptors (Lipinski definition) is 4. The molecule has 4 heteroatoms. The van der Waals surface area contributed by atoms with Crippen LogP contribution in [0.4, 0.5) is 0 Å². The second kappa shape index (κ2) is 9.83. The third-order valence-electron chi connectivity index (χ3n) is 3.29. The lowest BCUT2D eigenvalue weighted by Crippen LogP contribution is -2.35. The molecule has 1 heterocycles. The Hall–Kier alpha value is -0.160. The number of nitrogens with zero attached hydrogens (tertiary/aromatic N) is 1. The SMILES string of the molecule is COCCOCCCN(C)CC1CCNCC1. The van der Waals surface area contributed by atoms with Crippen molar-refractivity contribution in [2.75, 3.05) is 60.2 Å². The molecule has 4 nitrogen and oxygen atoms in total. The third-order valence-corrected chi connectivity index (χ3v) is 3.29. The highest BCUT2D eigenvalue weighted by Gasteiger charge is 2.14. The highest BCUT2D eigenvalue weighted by Crippen LogP contribution is 2.12. The van der Waals surface area contributed by atoms with Crippen molar-refractivity contribution in [1.82, 2.24) is 10.2 Å². The number of ether oxygens (including phenoxy) is 2. The van der Waals surface area contributed by atoms with Crippen LogP contribution >= 0.6 is 0 Å². The molecule has 0 atom stereocenters. The first kappa shape index (κ1) is 14.9. The average molecular weight is 244 g/mol. The van der Waals surface area contributed by atoms with Gasteiger partial charge in [0.15, 0.2) is 0 Å². The molecule has 0 aliphatic carbocycles. The van der Waals surface area contributed by atoms with E-state index < -0.39 is 0 Å². The maximum absolute atomic E-state index is 5.45. The number of piperidine rings is 1. The van der Waals surface area contributed by atoms with Crippen LogP contribution in [0.1, 0.15) is 19.3 Å². The lowest BCUT2D eigenvalue weighted by Gasteiger charge is -2.27. The van der Waals surface area contributed by atoms with Gasteiger partial charge >= 0.3 is 0 Å². The van der Waals surface area contributed by atoms with Crippen LogP contribution in [0.15, 0.2) is 0 Å². The molecule has 1 aliphatic rings. The molecule has 0 aromatic rings. The van der Waals surface area contributed by atoms with E-state index in [4.69, 9.17) is 9.47 Å². The van der Waals surface area contributed by atoms with E-state index >= 15 is 0 Å². The van der Waals surface area contributed by atoms with Crippen molar-refractivity contribution in [2.45, 2.75) is 19.3 Å². The Bertz CT molecular complexity index is 173. The van der Waals surface area contributed by atoms with Crippen molar-refractivity contribution < 1.29 is 9.47 Å². The minimum Gasteiger partial charge on any atom is -0.382 e. The van der Waals surface area contributed by atoms with Crippen molar-refractivity contribution in [3.8, 4) is 0 Å². The molecule has 0 radical (unpaired) electrons. The monoisotopic (exact) mass is 244 g/mol. The maximum Gasteiger partial charge on any atom is 0.0700 e. The average Bonchev–Trinajstić information content (AvgIpc) is 2.35. The van der Waals surface area contributed by atoms with E-state index in [1.165, 1.54) is 32.5 Å². The molecule has 0 aromatic heterocycles. The van der Waals surface area contributed by atoms with Crippen molar-refractivity contribution >= 4 is 0 Å². The second-order valence-electron chi connectivity index (χ2n) is 4.91. The van der Waals surface area contributed by atoms with Gasteiger partial charge in [0.05, 0.1) is 13.2 Å². The first-order valence-corrected chi connectivity index (χ1v) is 6.79. The summed E-state index contributed by atoms with van der Waals surface area (Å²) in [4.78, 5) is 2.44. The molecule has 0 spiro atoms. The molecule has 17 heavy (non-hydrogen) atoms. The van der Waals surface area contributed by atoms with Crippen molar-refractivity contribution in [3.63, 3.8) is 0 Å². The number of rotatable bonds is 9. The molecular formula is C13H28N2O2. The number of nitrogens with one attached hydrogen (secondary N) is 1. The molecule has 0 bridgehead atoms. The number of hydrogen-bond donors (Lipinski definition) is 1. The van der Waals surface area contributed by atoms with Crippen LogP contribution in [0.3, 0.4) is 0 Å². The van der Waals surface area contributed by atoms with Gasteiger partial charge in [-0.25, -0.2) is 0 Å². The minimum absolute atomic E-state index is 0.699. The minimum atomic E-state index is 0.699. The zero-order chi connectivity index (χ0) is 12.3.